The summed E-state index contributed by atoms with van der Waals surface area (Å²) in [5.74, 6) is 0.720. The zero-order chi connectivity index (χ0) is 16.7. The highest BCUT2D eigenvalue weighted by atomic mass is 35.5. The van der Waals surface area contributed by atoms with E-state index in [1.54, 1.807) is 31.4 Å². The molecule has 1 N–H and O–H groups in total. The second kappa shape index (κ2) is 8.22. The van der Waals surface area contributed by atoms with Crippen LogP contribution in [-0.4, -0.2) is 36.6 Å². The first kappa shape index (κ1) is 17.6. The first-order valence-electron chi connectivity index (χ1n) is 7.71. The molecule has 6 heteroatoms. The van der Waals surface area contributed by atoms with Crippen LogP contribution in [0.1, 0.15) is 37.7 Å². The summed E-state index contributed by atoms with van der Waals surface area (Å²) in [4.78, 5) is 27.3. The Morgan fingerprint density at radius 1 is 1.30 bits per heavy atom. The summed E-state index contributed by atoms with van der Waals surface area (Å²) in [6, 6.07) is 7.18. The molecule has 0 unspecified atom stereocenters. The minimum atomic E-state index is -0.598. The Balaban J connectivity index is 2.29. The summed E-state index contributed by atoms with van der Waals surface area (Å²) in [7, 11) is 1.59. The van der Waals surface area contributed by atoms with Gasteiger partial charge in [-0.2, -0.15) is 0 Å². The highest BCUT2D eigenvalue weighted by Crippen LogP contribution is 2.30. The Bertz CT molecular complexity index is 578. The number of carbonyl (C=O) groups is 2. The second-order valence-electron chi connectivity index (χ2n) is 5.64. The number of methoxy groups -OCH3 is 1. The summed E-state index contributed by atoms with van der Waals surface area (Å²) in [5, 5.41) is 2.68. The maximum absolute atomic E-state index is 11.5. The maximum Gasteiger partial charge on any atom is 0.235 e. The number of ether oxygens (including phenoxy) is 1. The number of nitrogens with one attached hydrogen (secondary N) is 1. The lowest BCUT2D eigenvalue weighted by Gasteiger charge is -2.34. The van der Waals surface area contributed by atoms with Gasteiger partial charge < -0.3 is 4.74 Å². The molecular weight excluding hydrogens is 316 g/mol. The van der Waals surface area contributed by atoms with Crippen molar-refractivity contribution in [3.8, 4) is 5.75 Å². The molecular formula is C17H21ClN2O3. The van der Waals surface area contributed by atoms with E-state index in [4.69, 9.17) is 16.3 Å². The molecule has 0 saturated heterocycles. The van der Waals surface area contributed by atoms with Crippen LogP contribution < -0.4 is 10.1 Å². The molecule has 1 aromatic rings. The van der Waals surface area contributed by atoms with Crippen molar-refractivity contribution in [1.82, 2.24) is 5.32 Å². The van der Waals surface area contributed by atoms with Crippen LogP contribution in [0.15, 0.2) is 29.3 Å². The number of carbonyl (C=O) groups excluding carboxylic acids is 2. The summed E-state index contributed by atoms with van der Waals surface area (Å²) in [6.45, 7) is 0.0415. The Kier molecular flexibility index (Phi) is 6.30. The third-order valence-corrected chi connectivity index (χ3v) is 4.20. The molecule has 1 aromatic carbocycles. The standard InChI is InChI=1S/C17H21ClN2O3/c1-23-14-7-5-13(6-8-14)15(12-21)20-17(19-11-16(18)22)9-3-2-4-10-17/h5-8,12,19H,2-4,9-11H2,1H3/b20-15+. The summed E-state index contributed by atoms with van der Waals surface area (Å²) in [5.41, 5.74) is 0.493. The number of nitrogens with zero attached hydrogens (tertiary/aromatic N) is 1. The van der Waals surface area contributed by atoms with Gasteiger partial charge in [-0.15, -0.1) is 0 Å². The highest BCUT2D eigenvalue weighted by molar-refractivity contribution is 6.64. The molecule has 1 saturated carbocycles. The molecule has 0 aromatic heterocycles. The first-order chi connectivity index (χ1) is 11.1. The molecule has 0 aliphatic heterocycles. The molecule has 2 rings (SSSR count). The number of hydrogen-bond donors (Lipinski definition) is 1. The highest BCUT2D eigenvalue weighted by Gasteiger charge is 2.32. The van der Waals surface area contributed by atoms with Gasteiger partial charge in [-0.05, 0) is 61.5 Å². The maximum atomic E-state index is 11.5. The lowest BCUT2D eigenvalue weighted by Crippen LogP contribution is -2.47. The topological polar surface area (TPSA) is 67.8 Å². The van der Waals surface area contributed by atoms with Crippen LogP contribution in [-0.2, 0) is 9.59 Å². The van der Waals surface area contributed by atoms with Crippen LogP contribution in [0.25, 0.3) is 0 Å². The van der Waals surface area contributed by atoms with Crippen molar-refractivity contribution in [1.29, 1.82) is 0 Å². The molecule has 1 aliphatic rings. The van der Waals surface area contributed by atoms with E-state index in [0.717, 1.165) is 49.7 Å². The normalized spacial score (nSPS) is 17.6. The van der Waals surface area contributed by atoms with Crippen LogP contribution in [0.4, 0.5) is 0 Å². The predicted molar refractivity (Wildman–Crippen MR) is 90.3 cm³/mol. The molecule has 5 nitrogen and oxygen atoms in total. The third-order valence-electron chi connectivity index (χ3n) is 4.07. The van der Waals surface area contributed by atoms with Crippen molar-refractivity contribution in [2.24, 2.45) is 4.99 Å². The second-order valence-corrected chi connectivity index (χ2v) is 6.07. The van der Waals surface area contributed by atoms with E-state index in [-0.39, 0.29) is 6.54 Å². The molecule has 0 bridgehead atoms. The minimum absolute atomic E-state index is 0.0415. The van der Waals surface area contributed by atoms with Gasteiger partial charge in [-0.3, -0.25) is 19.9 Å². The van der Waals surface area contributed by atoms with E-state index in [2.05, 4.69) is 10.3 Å². The van der Waals surface area contributed by atoms with Gasteiger partial charge in [0.15, 0.2) is 6.29 Å². The Morgan fingerprint density at radius 2 is 1.96 bits per heavy atom. The number of hydrogen-bond acceptors (Lipinski definition) is 5. The Morgan fingerprint density at radius 3 is 2.48 bits per heavy atom. The molecule has 0 radical (unpaired) electrons. The van der Waals surface area contributed by atoms with Crippen molar-refractivity contribution in [2.75, 3.05) is 13.7 Å². The van der Waals surface area contributed by atoms with E-state index >= 15 is 0 Å². The number of aliphatic imine (C=N–C) groups is 1. The van der Waals surface area contributed by atoms with Crippen LogP contribution in [0.2, 0.25) is 0 Å². The van der Waals surface area contributed by atoms with Crippen LogP contribution in [0.3, 0.4) is 0 Å². The predicted octanol–water partition coefficient (Wildman–Crippen LogP) is 2.70. The molecule has 0 amide bonds. The fourth-order valence-electron chi connectivity index (χ4n) is 2.85. The monoisotopic (exact) mass is 336 g/mol. The third kappa shape index (κ3) is 4.88. The number of rotatable bonds is 7. The van der Waals surface area contributed by atoms with E-state index in [9.17, 15) is 9.59 Å². The molecule has 0 atom stereocenters. The van der Waals surface area contributed by atoms with Gasteiger partial charge in [-0.25, -0.2) is 0 Å². The molecule has 1 fully saturated rings. The molecule has 0 spiro atoms. The summed E-state index contributed by atoms with van der Waals surface area (Å²) < 4.78 is 5.12. The van der Waals surface area contributed by atoms with Gasteiger partial charge in [0, 0.05) is 5.56 Å². The number of benzene rings is 1. The fourth-order valence-corrected chi connectivity index (χ4v) is 2.92. The largest absolute Gasteiger partial charge is 0.497 e. The first-order valence-corrected chi connectivity index (χ1v) is 8.09. The zero-order valence-corrected chi connectivity index (χ0v) is 13.9. The van der Waals surface area contributed by atoms with Crippen molar-refractivity contribution in [2.45, 2.75) is 37.8 Å². The van der Waals surface area contributed by atoms with E-state index in [1.807, 2.05) is 0 Å². The van der Waals surface area contributed by atoms with Crippen molar-refractivity contribution >= 4 is 28.8 Å². The molecule has 0 heterocycles. The molecule has 1 aliphatic carbocycles. The van der Waals surface area contributed by atoms with E-state index in [1.165, 1.54) is 0 Å². The Labute approximate surface area is 141 Å². The van der Waals surface area contributed by atoms with Crippen LogP contribution in [0, 0.1) is 0 Å². The summed E-state index contributed by atoms with van der Waals surface area (Å²) >= 11 is 5.45. The van der Waals surface area contributed by atoms with Gasteiger partial charge in [0.2, 0.25) is 5.24 Å². The number of aldehydes is 1. The average Bonchev–Trinajstić information content (AvgIpc) is 2.59. The number of halogens is 1. The van der Waals surface area contributed by atoms with Gasteiger partial charge in [0.1, 0.15) is 17.1 Å². The Hall–Kier alpha value is -1.72. The smallest absolute Gasteiger partial charge is 0.235 e. The summed E-state index contributed by atoms with van der Waals surface area (Å²) in [6.07, 6.45) is 5.45. The lowest BCUT2D eigenvalue weighted by atomic mass is 9.89. The van der Waals surface area contributed by atoms with Gasteiger partial charge in [0.25, 0.3) is 0 Å². The van der Waals surface area contributed by atoms with Gasteiger partial charge in [-0.1, -0.05) is 6.42 Å². The van der Waals surface area contributed by atoms with Gasteiger partial charge >= 0.3 is 0 Å². The van der Waals surface area contributed by atoms with Crippen LogP contribution in [0.5, 0.6) is 5.75 Å². The van der Waals surface area contributed by atoms with E-state index in [0.29, 0.717) is 5.71 Å². The quantitative estimate of drug-likeness (QED) is 0.472. The van der Waals surface area contributed by atoms with Crippen molar-refractivity contribution in [3.05, 3.63) is 29.8 Å². The minimum Gasteiger partial charge on any atom is -0.497 e. The average molecular weight is 337 g/mol. The zero-order valence-electron chi connectivity index (χ0n) is 13.2. The van der Waals surface area contributed by atoms with Crippen LogP contribution >= 0.6 is 11.6 Å². The lowest BCUT2D eigenvalue weighted by molar-refractivity contribution is -0.111. The molecule has 23 heavy (non-hydrogen) atoms. The van der Waals surface area contributed by atoms with E-state index < -0.39 is 10.9 Å². The van der Waals surface area contributed by atoms with Gasteiger partial charge in [0.05, 0.1) is 13.7 Å². The van der Waals surface area contributed by atoms with Crippen molar-refractivity contribution < 1.29 is 14.3 Å². The fraction of sp³-hybridized carbons (Fsp3) is 0.471. The SMILES string of the molecule is COc1ccc(/C(C=O)=N/C2(NCC(=O)Cl)CCCCC2)cc1. The molecule has 124 valence electrons. The van der Waals surface area contributed by atoms with Crippen molar-refractivity contribution in [3.63, 3.8) is 0 Å².